The summed E-state index contributed by atoms with van der Waals surface area (Å²) < 4.78 is -0.381. The second-order valence-corrected chi connectivity index (χ2v) is 5.98. The van der Waals surface area contributed by atoms with Gasteiger partial charge in [-0.05, 0) is 11.0 Å². The first-order chi connectivity index (χ1) is 5.86. The highest BCUT2D eigenvalue weighted by atomic mass is 32.2. The Morgan fingerprint density at radius 2 is 1.38 bits per heavy atom. The van der Waals surface area contributed by atoms with Gasteiger partial charge in [0.25, 0.3) is 0 Å². The highest BCUT2D eigenvalue weighted by Gasteiger charge is 2.36. The van der Waals surface area contributed by atoms with Crippen molar-refractivity contribution in [2.24, 2.45) is 5.41 Å². The molecule has 0 heterocycles. The molecule has 0 aliphatic carbocycles. The van der Waals surface area contributed by atoms with E-state index in [1.54, 1.807) is 0 Å². The van der Waals surface area contributed by atoms with E-state index in [1.807, 2.05) is 18.2 Å². The summed E-state index contributed by atoms with van der Waals surface area (Å²) in [4.78, 5) is 0. The minimum absolute atomic E-state index is 0.0283. The Balaban J connectivity index is 3.08. The molecule has 0 saturated carbocycles. The molecular weight excluding hydrogens is 196 g/mol. The molecule has 0 saturated heterocycles. The zero-order valence-corrected chi connectivity index (χ0v) is 10.1. The molecule has 0 spiro atoms. The summed E-state index contributed by atoms with van der Waals surface area (Å²) in [5, 5.41) is 0. The van der Waals surface area contributed by atoms with Crippen LogP contribution in [0.4, 0.5) is 0 Å². The smallest absolute Gasteiger partial charge is 0.0850 e. The summed E-state index contributed by atoms with van der Waals surface area (Å²) in [5.74, 6) is 0. The quantitative estimate of drug-likeness (QED) is 0.514. The van der Waals surface area contributed by atoms with Crippen molar-refractivity contribution in [3.8, 4) is 0 Å². The van der Waals surface area contributed by atoms with Crippen molar-refractivity contribution >= 4 is 25.3 Å². The van der Waals surface area contributed by atoms with Crippen molar-refractivity contribution in [1.29, 1.82) is 0 Å². The Morgan fingerprint density at radius 1 is 0.923 bits per heavy atom. The average molecular weight is 212 g/mol. The van der Waals surface area contributed by atoms with E-state index in [1.165, 1.54) is 0 Å². The molecule has 13 heavy (non-hydrogen) atoms. The lowest BCUT2D eigenvalue weighted by Gasteiger charge is -2.37. The third-order valence-electron chi connectivity index (χ3n) is 2.22. The van der Waals surface area contributed by atoms with Gasteiger partial charge in [0.05, 0.1) is 4.08 Å². The first-order valence-corrected chi connectivity index (χ1v) is 5.25. The van der Waals surface area contributed by atoms with Crippen molar-refractivity contribution in [3.63, 3.8) is 0 Å². The molecule has 0 aromatic heterocycles. The van der Waals surface area contributed by atoms with Crippen molar-refractivity contribution in [2.45, 2.75) is 24.9 Å². The summed E-state index contributed by atoms with van der Waals surface area (Å²) in [5.41, 5.74) is 1.18. The molecule has 1 aromatic carbocycles. The first-order valence-electron chi connectivity index (χ1n) is 4.36. The summed E-state index contributed by atoms with van der Waals surface area (Å²) in [6.45, 7) is 6.42. The van der Waals surface area contributed by atoms with Crippen LogP contribution in [0.2, 0.25) is 0 Å². The molecule has 72 valence electrons. The minimum atomic E-state index is -0.381. The average Bonchev–Trinajstić information content (AvgIpc) is 2.04. The topological polar surface area (TPSA) is 0 Å². The van der Waals surface area contributed by atoms with Gasteiger partial charge in [-0.2, -0.15) is 25.3 Å². The Kier molecular flexibility index (Phi) is 3.03. The highest BCUT2D eigenvalue weighted by Crippen LogP contribution is 2.47. The molecule has 0 bridgehead atoms. The number of rotatable bonds is 1. The van der Waals surface area contributed by atoms with Crippen LogP contribution in [-0.4, -0.2) is 0 Å². The van der Waals surface area contributed by atoms with Crippen LogP contribution >= 0.6 is 25.3 Å². The molecule has 0 unspecified atom stereocenters. The molecular formula is C11H16S2. The largest absolute Gasteiger partial charge is 0.157 e. The zero-order chi connectivity index (χ0) is 10.1. The second kappa shape index (κ2) is 3.58. The van der Waals surface area contributed by atoms with Crippen LogP contribution in [0.1, 0.15) is 26.3 Å². The van der Waals surface area contributed by atoms with Gasteiger partial charge in [-0.3, -0.25) is 0 Å². The lowest BCUT2D eigenvalue weighted by Crippen LogP contribution is -2.29. The normalized spacial score (nSPS) is 13.0. The van der Waals surface area contributed by atoms with E-state index < -0.39 is 0 Å². The molecule has 0 atom stereocenters. The molecule has 0 N–H and O–H groups in total. The van der Waals surface area contributed by atoms with Gasteiger partial charge in [0.15, 0.2) is 0 Å². The van der Waals surface area contributed by atoms with E-state index in [0.29, 0.717) is 0 Å². The van der Waals surface area contributed by atoms with Crippen LogP contribution in [0.25, 0.3) is 0 Å². The molecule has 0 aliphatic rings. The number of hydrogen-bond acceptors (Lipinski definition) is 2. The summed E-state index contributed by atoms with van der Waals surface area (Å²) >= 11 is 9.24. The fourth-order valence-corrected chi connectivity index (χ4v) is 1.40. The maximum atomic E-state index is 4.62. The number of benzene rings is 1. The standard InChI is InChI=1S/C11H16S2/c1-10(2,3)11(12,13)9-7-5-4-6-8-9/h4-8,12-13H,1-3H3. The van der Waals surface area contributed by atoms with Gasteiger partial charge in [-0.15, -0.1) is 0 Å². The fourth-order valence-electron chi connectivity index (χ4n) is 1.10. The van der Waals surface area contributed by atoms with Crippen LogP contribution in [0, 0.1) is 5.41 Å². The lowest BCUT2D eigenvalue weighted by atomic mass is 9.86. The maximum absolute atomic E-state index is 4.62. The van der Waals surface area contributed by atoms with Crippen LogP contribution in [0.5, 0.6) is 0 Å². The zero-order valence-electron chi connectivity index (χ0n) is 8.28. The molecule has 1 aromatic rings. The van der Waals surface area contributed by atoms with Gasteiger partial charge in [0.1, 0.15) is 0 Å². The molecule has 0 radical (unpaired) electrons. The molecule has 0 aliphatic heterocycles. The lowest BCUT2D eigenvalue weighted by molar-refractivity contribution is 0.377. The van der Waals surface area contributed by atoms with E-state index in [4.69, 9.17) is 0 Å². The van der Waals surface area contributed by atoms with E-state index >= 15 is 0 Å². The van der Waals surface area contributed by atoms with Crippen molar-refractivity contribution < 1.29 is 0 Å². The second-order valence-electron chi connectivity index (χ2n) is 4.29. The Hall–Kier alpha value is -0.0800. The number of hydrogen-bond donors (Lipinski definition) is 2. The monoisotopic (exact) mass is 212 g/mol. The van der Waals surface area contributed by atoms with Crippen molar-refractivity contribution in [1.82, 2.24) is 0 Å². The molecule has 1 rings (SSSR count). The number of thiol groups is 2. The van der Waals surface area contributed by atoms with Crippen molar-refractivity contribution in [2.75, 3.05) is 0 Å². The van der Waals surface area contributed by atoms with Gasteiger partial charge in [0, 0.05) is 0 Å². The van der Waals surface area contributed by atoms with E-state index in [0.717, 1.165) is 5.56 Å². The van der Waals surface area contributed by atoms with E-state index in [-0.39, 0.29) is 9.49 Å². The van der Waals surface area contributed by atoms with Crippen LogP contribution < -0.4 is 0 Å². The third kappa shape index (κ3) is 2.23. The van der Waals surface area contributed by atoms with Crippen LogP contribution in [0.15, 0.2) is 30.3 Å². The molecule has 0 fully saturated rings. The SMILES string of the molecule is CC(C)(C)C(S)(S)c1ccccc1. The predicted molar refractivity (Wildman–Crippen MR) is 65.5 cm³/mol. The highest BCUT2D eigenvalue weighted by molar-refractivity contribution is 7.99. The van der Waals surface area contributed by atoms with Crippen LogP contribution in [0.3, 0.4) is 0 Å². The van der Waals surface area contributed by atoms with E-state index in [2.05, 4.69) is 58.2 Å². The van der Waals surface area contributed by atoms with Crippen LogP contribution in [-0.2, 0) is 4.08 Å². The van der Waals surface area contributed by atoms with Gasteiger partial charge in [0.2, 0.25) is 0 Å². The van der Waals surface area contributed by atoms with Gasteiger partial charge < -0.3 is 0 Å². The third-order valence-corrected chi connectivity index (χ3v) is 4.08. The van der Waals surface area contributed by atoms with Gasteiger partial charge >= 0.3 is 0 Å². The minimum Gasteiger partial charge on any atom is -0.157 e. The molecule has 0 nitrogen and oxygen atoms in total. The van der Waals surface area contributed by atoms with Crippen molar-refractivity contribution in [3.05, 3.63) is 35.9 Å². The first kappa shape index (κ1) is 11.0. The summed E-state index contributed by atoms with van der Waals surface area (Å²) in [6.07, 6.45) is 0. The summed E-state index contributed by atoms with van der Waals surface area (Å²) in [7, 11) is 0. The van der Waals surface area contributed by atoms with Gasteiger partial charge in [-0.1, -0.05) is 51.1 Å². The van der Waals surface area contributed by atoms with E-state index in [9.17, 15) is 0 Å². The summed E-state index contributed by atoms with van der Waals surface area (Å²) in [6, 6.07) is 10.2. The Bertz CT molecular complexity index is 270. The van der Waals surface area contributed by atoms with Gasteiger partial charge in [-0.25, -0.2) is 0 Å². The molecule has 0 amide bonds. The predicted octanol–water partition coefficient (Wildman–Crippen LogP) is 3.75. The fraction of sp³-hybridized carbons (Fsp3) is 0.455. The maximum Gasteiger partial charge on any atom is 0.0850 e. The Labute approximate surface area is 91.6 Å². The molecule has 2 heteroatoms. The Morgan fingerprint density at radius 3 is 1.77 bits per heavy atom.